The van der Waals surface area contributed by atoms with E-state index in [1.165, 1.54) is 11.1 Å². The Kier molecular flexibility index (Phi) is 2.26. The summed E-state index contributed by atoms with van der Waals surface area (Å²) in [6.45, 7) is 1.98. The van der Waals surface area contributed by atoms with Gasteiger partial charge in [-0.05, 0) is 43.2 Å². The Hall–Kier alpha value is -0.470. The largest absolute Gasteiger partial charge is 0.304 e. The molecule has 1 aliphatic carbocycles. The number of rotatable bonds is 1. The van der Waals surface area contributed by atoms with Crippen molar-refractivity contribution in [1.82, 2.24) is 4.90 Å². The number of nitrogens with zero attached hydrogens (tertiary/aromatic N) is 1. The first-order valence-corrected chi connectivity index (χ1v) is 7.12. The van der Waals surface area contributed by atoms with E-state index in [9.17, 15) is 0 Å². The molecular weight excluding hydrogens is 214 g/mol. The first kappa shape index (κ1) is 9.55. The Morgan fingerprint density at radius 3 is 3.12 bits per heavy atom. The summed E-state index contributed by atoms with van der Waals surface area (Å²) in [7, 11) is 2.15. The SMILES string of the molecule is [2H]C12CN(C)CC(SC)(Cc3ccccc31)C2. The Morgan fingerprint density at radius 2 is 2.31 bits per heavy atom. The third-order valence-corrected chi connectivity index (χ3v) is 5.18. The summed E-state index contributed by atoms with van der Waals surface area (Å²) in [4.78, 5) is 2.34. The minimum Gasteiger partial charge on any atom is -0.304 e. The van der Waals surface area contributed by atoms with Gasteiger partial charge in [-0.2, -0.15) is 11.8 Å². The molecule has 0 radical (unpaired) electrons. The highest BCUT2D eigenvalue weighted by Gasteiger charge is 2.43. The Morgan fingerprint density at radius 1 is 1.50 bits per heavy atom. The quantitative estimate of drug-likeness (QED) is 0.735. The molecule has 2 unspecified atom stereocenters. The van der Waals surface area contributed by atoms with Gasteiger partial charge in [0.1, 0.15) is 0 Å². The molecule has 2 atom stereocenters. The Labute approximate surface area is 104 Å². The number of hydrogen-bond donors (Lipinski definition) is 0. The van der Waals surface area contributed by atoms with E-state index in [1.54, 1.807) is 0 Å². The molecule has 1 nitrogen and oxygen atoms in total. The summed E-state index contributed by atoms with van der Waals surface area (Å²) in [6, 6.07) is 8.57. The first-order valence-electron chi connectivity index (χ1n) is 6.39. The van der Waals surface area contributed by atoms with Crippen LogP contribution < -0.4 is 0 Å². The van der Waals surface area contributed by atoms with Crippen LogP contribution in [0.2, 0.25) is 0 Å². The van der Waals surface area contributed by atoms with Gasteiger partial charge < -0.3 is 4.90 Å². The van der Waals surface area contributed by atoms with Gasteiger partial charge in [0.05, 0.1) is 0 Å². The Balaban J connectivity index is 2.13. The van der Waals surface area contributed by atoms with E-state index in [4.69, 9.17) is 1.37 Å². The van der Waals surface area contributed by atoms with E-state index in [0.717, 1.165) is 25.9 Å². The van der Waals surface area contributed by atoms with Crippen molar-refractivity contribution in [1.29, 1.82) is 0 Å². The second-order valence-corrected chi connectivity index (χ2v) is 6.45. The van der Waals surface area contributed by atoms with Gasteiger partial charge in [0.15, 0.2) is 0 Å². The number of likely N-dealkylation sites (N-methyl/N-ethyl adjacent to an activating group) is 1. The van der Waals surface area contributed by atoms with Crippen molar-refractivity contribution >= 4 is 11.8 Å². The van der Waals surface area contributed by atoms with Crippen molar-refractivity contribution in [2.75, 3.05) is 26.4 Å². The molecule has 1 aliphatic heterocycles. The molecule has 1 aromatic carbocycles. The number of fused-ring (bicyclic) bond motifs is 4. The van der Waals surface area contributed by atoms with Gasteiger partial charge in [0, 0.05) is 19.2 Å². The fourth-order valence-corrected chi connectivity index (χ4v) is 4.22. The average Bonchev–Trinajstić information content (AvgIpc) is 2.27. The first-order chi connectivity index (χ1) is 8.07. The zero-order valence-corrected chi connectivity index (χ0v) is 10.8. The summed E-state index contributed by atoms with van der Waals surface area (Å²) < 4.78 is 9.09. The second kappa shape index (κ2) is 3.78. The lowest BCUT2D eigenvalue weighted by Crippen LogP contribution is -2.51. The van der Waals surface area contributed by atoms with Crippen LogP contribution in [0.15, 0.2) is 24.3 Å². The van der Waals surface area contributed by atoms with Gasteiger partial charge in [-0.15, -0.1) is 0 Å². The van der Waals surface area contributed by atoms with Crippen LogP contribution in [0, 0.1) is 0 Å². The van der Waals surface area contributed by atoms with Gasteiger partial charge in [0.25, 0.3) is 0 Å². The van der Waals surface area contributed by atoms with Crippen LogP contribution in [0.3, 0.4) is 0 Å². The predicted molar refractivity (Wildman–Crippen MR) is 71.2 cm³/mol. The number of benzene rings is 1. The second-order valence-electron chi connectivity index (χ2n) is 5.17. The van der Waals surface area contributed by atoms with Gasteiger partial charge in [0.2, 0.25) is 0 Å². The fraction of sp³-hybridized carbons (Fsp3) is 0.571. The van der Waals surface area contributed by atoms with Crippen molar-refractivity contribution in [3.63, 3.8) is 0 Å². The number of thioether (sulfide) groups is 1. The van der Waals surface area contributed by atoms with E-state index in [-0.39, 0.29) is 4.75 Å². The van der Waals surface area contributed by atoms with Crippen LogP contribution >= 0.6 is 11.8 Å². The van der Waals surface area contributed by atoms with Gasteiger partial charge in [-0.1, -0.05) is 24.3 Å². The molecule has 2 heteroatoms. The van der Waals surface area contributed by atoms with Crippen molar-refractivity contribution in [3.8, 4) is 0 Å². The van der Waals surface area contributed by atoms with Crippen LogP contribution in [-0.2, 0) is 6.42 Å². The number of hydrogen-bond acceptors (Lipinski definition) is 2. The van der Waals surface area contributed by atoms with E-state index in [0.29, 0.717) is 0 Å². The standard InChI is InChI=1S/C14H19NS/c1-15-9-12-8-14(10-15,16-2)7-11-5-3-4-6-13(11)12/h3-6,12H,7-10H2,1-2H3/i12D. The van der Waals surface area contributed by atoms with E-state index in [2.05, 4.69) is 42.5 Å². The highest BCUT2D eigenvalue weighted by Crippen LogP contribution is 2.47. The molecular formula is C14H19NS. The summed E-state index contributed by atoms with van der Waals surface area (Å²) >= 11 is 1.95. The molecule has 0 N–H and O–H groups in total. The van der Waals surface area contributed by atoms with E-state index in [1.807, 2.05) is 11.8 Å². The molecule has 0 amide bonds. The number of piperidine rings is 1. The Bertz CT molecular complexity index is 450. The molecule has 0 aromatic heterocycles. The molecule has 86 valence electrons. The molecule has 16 heavy (non-hydrogen) atoms. The van der Waals surface area contributed by atoms with Crippen LogP contribution in [0.25, 0.3) is 0 Å². The highest BCUT2D eigenvalue weighted by atomic mass is 32.2. The van der Waals surface area contributed by atoms with Crippen molar-refractivity contribution in [2.45, 2.75) is 23.5 Å². The lowest BCUT2D eigenvalue weighted by Gasteiger charge is -2.48. The highest BCUT2D eigenvalue weighted by molar-refractivity contribution is 8.00. The third kappa shape index (κ3) is 1.59. The number of likely N-dealkylation sites (tertiary alicyclic amines) is 1. The summed E-state index contributed by atoms with van der Waals surface area (Å²) in [5, 5.41) is 0. The monoisotopic (exact) mass is 234 g/mol. The average molecular weight is 234 g/mol. The van der Waals surface area contributed by atoms with Crippen molar-refractivity contribution < 1.29 is 1.37 Å². The molecule has 1 aromatic rings. The van der Waals surface area contributed by atoms with Crippen molar-refractivity contribution in [2.24, 2.45) is 0 Å². The minimum atomic E-state index is -0.398. The summed E-state index contributed by atoms with van der Waals surface area (Å²) in [5.41, 5.74) is 2.66. The summed E-state index contributed by atoms with van der Waals surface area (Å²) in [6.07, 6.45) is 4.32. The van der Waals surface area contributed by atoms with Crippen molar-refractivity contribution in [3.05, 3.63) is 35.4 Å². The smallest absolute Gasteiger partial charge is 0.0366 e. The lowest BCUT2D eigenvalue weighted by molar-refractivity contribution is 0.196. The topological polar surface area (TPSA) is 3.24 Å². The molecule has 2 aliphatic rings. The van der Waals surface area contributed by atoms with Crippen LogP contribution in [0.4, 0.5) is 0 Å². The third-order valence-electron chi connectivity index (χ3n) is 3.90. The lowest BCUT2D eigenvalue weighted by atomic mass is 9.73. The maximum Gasteiger partial charge on any atom is 0.0366 e. The maximum absolute atomic E-state index is 8.84. The molecule has 1 heterocycles. The van der Waals surface area contributed by atoms with E-state index < -0.39 is 5.89 Å². The normalized spacial score (nSPS) is 39.0. The fourth-order valence-electron chi connectivity index (χ4n) is 3.25. The maximum atomic E-state index is 8.84. The van der Waals surface area contributed by atoms with Crippen LogP contribution in [0.1, 0.15) is 24.8 Å². The molecule has 0 spiro atoms. The van der Waals surface area contributed by atoms with Crippen LogP contribution in [-0.4, -0.2) is 36.0 Å². The molecule has 1 saturated heterocycles. The molecule has 3 rings (SSSR count). The van der Waals surface area contributed by atoms with Gasteiger partial charge in [-0.3, -0.25) is 0 Å². The van der Waals surface area contributed by atoms with Crippen LogP contribution in [0.5, 0.6) is 0 Å². The van der Waals surface area contributed by atoms with Gasteiger partial charge >= 0.3 is 0 Å². The zero-order valence-electron chi connectivity index (χ0n) is 11.0. The molecule has 2 bridgehead atoms. The molecule has 1 fully saturated rings. The molecule has 0 saturated carbocycles. The summed E-state index contributed by atoms with van der Waals surface area (Å²) in [5.74, 6) is -0.398. The van der Waals surface area contributed by atoms with Gasteiger partial charge in [-0.25, -0.2) is 0 Å². The predicted octanol–water partition coefficient (Wildman–Crippen LogP) is 2.76. The zero-order chi connectivity index (χ0) is 12.1. The minimum absolute atomic E-state index is 0.253. The van der Waals surface area contributed by atoms with E-state index >= 15 is 0 Å².